The number of aromatic nitrogens is 1. The predicted molar refractivity (Wildman–Crippen MR) is 51.5 cm³/mol. The van der Waals surface area contributed by atoms with Crippen LogP contribution in [0, 0.1) is 11.3 Å². The second-order valence-electron chi connectivity index (χ2n) is 4.11. The number of nitriles is 1. The van der Waals surface area contributed by atoms with Crippen LogP contribution in [0.15, 0.2) is 4.42 Å². The van der Waals surface area contributed by atoms with Gasteiger partial charge in [0.05, 0.1) is 0 Å². The van der Waals surface area contributed by atoms with Crippen LogP contribution in [0.4, 0.5) is 5.88 Å². The molecule has 1 aromatic rings. The Bertz CT molecular complexity index is 383. The summed E-state index contributed by atoms with van der Waals surface area (Å²) in [4.78, 5) is 4.13. The average molecular weight is 191 g/mol. The van der Waals surface area contributed by atoms with Crippen molar-refractivity contribution < 1.29 is 4.42 Å². The van der Waals surface area contributed by atoms with Crippen LogP contribution in [-0.2, 0) is 5.41 Å². The van der Waals surface area contributed by atoms with Gasteiger partial charge in [-0.05, 0) is 12.8 Å². The summed E-state index contributed by atoms with van der Waals surface area (Å²) in [5.74, 6) is 0.777. The van der Waals surface area contributed by atoms with Crippen LogP contribution in [0.1, 0.15) is 44.2 Å². The van der Waals surface area contributed by atoms with Crippen LogP contribution in [0.2, 0.25) is 0 Å². The third-order valence-electron chi connectivity index (χ3n) is 2.98. The van der Waals surface area contributed by atoms with E-state index in [1.165, 1.54) is 12.8 Å². The van der Waals surface area contributed by atoms with Gasteiger partial charge in [0.25, 0.3) is 0 Å². The Kier molecular flexibility index (Phi) is 1.95. The van der Waals surface area contributed by atoms with Gasteiger partial charge in [-0.25, -0.2) is 0 Å². The molecule has 0 atom stereocenters. The normalized spacial score (nSPS) is 19.4. The fourth-order valence-electron chi connectivity index (χ4n) is 2.04. The number of anilines is 1. The van der Waals surface area contributed by atoms with Crippen LogP contribution in [-0.4, -0.2) is 4.98 Å². The lowest BCUT2D eigenvalue weighted by atomic mass is 9.89. The van der Waals surface area contributed by atoms with Crippen molar-refractivity contribution in [3.8, 4) is 6.07 Å². The first-order valence-corrected chi connectivity index (χ1v) is 4.82. The lowest BCUT2D eigenvalue weighted by Crippen LogP contribution is -2.17. The molecule has 1 aromatic heterocycles. The molecular formula is C10H13N3O. The quantitative estimate of drug-likeness (QED) is 0.736. The standard InChI is InChI=1S/C10H13N3O/c1-10(4-2-3-5-10)9-13-7(6-11)8(12)14-9/h2-5,12H2,1H3. The molecule has 4 nitrogen and oxygen atoms in total. The molecule has 1 aliphatic carbocycles. The molecule has 4 heteroatoms. The molecule has 2 N–H and O–H groups in total. The topological polar surface area (TPSA) is 75.8 Å². The van der Waals surface area contributed by atoms with E-state index in [0.29, 0.717) is 5.89 Å². The van der Waals surface area contributed by atoms with Crippen LogP contribution < -0.4 is 5.73 Å². The molecular weight excluding hydrogens is 178 g/mol. The molecule has 0 radical (unpaired) electrons. The van der Waals surface area contributed by atoms with Crippen molar-refractivity contribution in [3.63, 3.8) is 0 Å². The molecule has 0 bridgehead atoms. The summed E-state index contributed by atoms with van der Waals surface area (Å²) in [6.07, 6.45) is 4.52. The zero-order chi connectivity index (χ0) is 10.2. The second-order valence-corrected chi connectivity index (χ2v) is 4.11. The van der Waals surface area contributed by atoms with E-state index in [9.17, 15) is 0 Å². The van der Waals surface area contributed by atoms with Crippen LogP contribution >= 0.6 is 0 Å². The summed E-state index contributed by atoms with van der Waals surface area (Å²) in [5, 5.41) is 8.71. The minimum atomic E-state index is -0.0107. The zero-order valence-electron chi connectivity index (χ0n) is 8.21. The lowest BCUT2D eigenvalue weighted by Gasteiger charge is -2.17. The van der Waals surface area contributed by atoms with Crippen molar-refractivity contribution in [2.24, 2.45) is 0 Å². The molecule has 2 rings (SSSR count). The van der Waals surface area contributed by atoms with E-state index in [2.05, 4.69) is 11.9 Å². The van der Waals surface area contributed by atoms with Crippen LogP contribution in [0.25, 0.3) is 0 Å². The zero-order valence-corrected chi connectivity index (χ0v) is 8.21. The van der Waals surface area contributed by atoms with E-state index in [0.717, 1.165) is 12.8 Å². The number of rotatable bonds is 1. The van der Waals surface area contributed by atoms with Crippen molar-refractivity contribution in [1.82, 2.24) is 4.98 Å². The van der Waals surface area contributed by atoms with Gasteiger partial charge in [0.1, 0.15) is 6.07 Å². The Morgan fingerprint density at radius 3 is 2.64 bits per heavy atom. The average Bonchev–Trinajstić information content (AvgIpc) is 2.73. The highest BCUT2D eigenvalue weighted by molar-refractivity contribution is 5.41. The minimum Gasteiger partial charge on any atom is -0.423 e. The SMILES string of the molecule is CC1(c2nc(C#N)c(N)o2)CCCC1. The summed E-state index contributed by atoms with van der Waals surface area (Å²) in [7, 11) is 0. The molecule has 0 unspecified atom stereocenters. The monoisotopic (exact) mass is 191 g/mol. The molecule has 0 aliphatic heterocycles. The van der Waals surface area contributed by atoms with E-state index < -0.39 is 0 Å². The molecule has 14 heavy (non-hydrogen) atoms. The minimum absolute atomic E-state index is 0.0107. The predicted octanol–water partition coefficient (Wildman–Crippen LogP) is 1.96. The van der Waals surface area contributed by atoms with Crippen molar-refractivity contribution in [2.45, 2.75) is 38.0 Å². The summed E-state index contributed by atoms with van der Waals surface area (Å²) >= 11 is 0. The van der Waals surface area contributed by atoms with Gasteiger partial charge in [-0.3, -0.25) is 0 Å². The number of nitrogens with two attached hydrogens (primary N) is 1. The van der Waals surface area contributed by atoms with Gasteiger partial charge >= 0.3 is 0 Å². The first kappa shape index (κ1) is 9.07. The number of hydrogen-bond donors (Lipinski definition) is 1. The van der Waals surface area contributed by atoms with Gasteiger partial charge < -0.3 is 10.2 Å². The summed E-state index contributed by atoms with van der Waals surface area (Å²) in [5.41, 5.74) is 5.73. The molecule has 0 amide bonds. The fourth-order valence-corrected chi connectivity index (χ4v) is 2.04. The first-order chi connectivity index (χ1) is 6.65. The Morgan fingerprint density at radius 1 is 1.50 bits per heavy atom. The van der Waals surface area contributed by atoms with E-state index >= 15 is 0 Å². The highest BCUT2D eigenvalue weighted by Crippen LogP contribution is 2.40. The smallest absolute Gasteiger partial charge is 0.229 e. The van der Waals surface area contributed by atoms with E-state index in [-0.39, 0.29) is 17.0 Å². The Morgan fingerprint density at radius 2 is 2.14 bits per heavy atom. The van der Waals surface area contributed by atoms with Gasteiger partial charge in [0, 0.05) is 5.41 Å². The maximum atomic E-state index is 8.71. The summed E-state index contributed by atoms with van der Waals surface area (Å²) in [6, 6.07) is 1.93. The largest absolute Gasteiger partial charge is 0.423 e. The van der Waals surface area contributed by atoms with Gasteiger partial charge in [-0.1, -0.05) is 19.8 Å². The number of nitrogens with zero attached hydrogens (tertiary/aromatic N) is 2. The Labute approximate surface area is 82.7 Å². The highest BCUT2D eigenvalue weighted by Gasteiger charge is 2.35. The first-order valence-electron chi connectivity index (χ1n) is 4.82. The highest BCUT2D eigenvalue weighted by atomic mass is 16.4. The number of oxazole rings is 1. The molecule has 1 saturated carbocycles. The molecule has 0 aromatic carbocycles. The number of hydrogen-bond acceptors (Lipinski definition) is 4. The van der Waals surface area contributed by atoms with E-state index in [1.54, 1.807) is 0 Å². The van der Waals surface area contributed by atoms with Crippen LogP contribution in [0.3, 0.4) is 0 Å². The molecule has 0 spiro atoms. The van der Waals surface area contributed by atoms with Crippen molar-refractivity contribution >= 4 is 5.88 Å². The molecule has 1 heterocycles. The second kappa shape index (κ2) is 3.02. The van der Waals surface area contributed by atoms with Gasteiger partial charge in [-0.15, -0.1) is 0 Å². The molecule has 74 valence electrons. The summed E-state index contributed by atoms with van der Waals surface area (Å²) in [6.45, 7) is 2.12. The van der Waals surface area contributed by atoms with Gasteiger partial charge in [0.15, 0.2) is 0 Å². The maximum absolute atomic E-state index is 8.71. The van der Waals surface area contributed by atoms with Gasteiger partial charge in [0.2, 0.25) is 17.5 Å². The van der Waals surface area contributed by atoms with Crippen LogP contribution in [0.5, 0.6) is 0 Å². The Balaban J connectivity index is 2.37. The molecule has 1 fully saturated rings. The van der Waals surface area contributed by atoms with E-state index in [4.69, 9.17) is 15.4 Å². The maximum Gasteiger partial charge on any atom is 0.229 e. The van der Waals surface area contributed by atoms with Crippen molar-refractivity contribution in [3.05, 3.63) is 11.6 Å². The van der Waals surface area contributed by atoms with Crippen molar-refractivity contribution in [2.75, 3.05) is 5.73 Å². The molecule has 1 aliphatic rings. The third-order valence-corrected chi connectivity index (χ3v) is 2.98. The lowest BCUT2D eigenvalue weighted by molar-refractivity contribution is 0.357. The van der Waals surface area contributed by atoms with E-state index in [1.807, 2.05) is 6.07 Å². The number of nitrogen functional groups attached to an aromatic ring is 1. The third kappa shape index (κ3) is 1.25. The fraction of sp³-hybridized carbons (Fsp3) is 0.600. The van der Waals surface area contributed by atoms with Crippen molar-refractivity contribution in [1.29, 1.82) is 5.26 Å². The Hall–Kier alpha value is -1.50. The van der Waals surface area contributed by atoms with Gasteiger partial charge in [-0.2, -0.15) is 10.2 Å². The summed E-state index contributed by atoms with van der Waals surface area (Å²) < 4.78 is 5.34. The molecule has 0 saturated heterocycles.